The minimum Gasteiger partial charge on any atom is -0.482 e. The van der Waals surface area contributed by atoms with Gasteiger partial charge in [0.15, 0.2) is 0 Å². The van der Waals surface area contributed by atoms with Crippen LogP contribution in [0.2, 0.25) is 0 Å². The monoisotopic (exact) mass is 608 g/mol. The number of ether oxygens (including phenoxy) is 2. The summed E-state index contributed by atoms with van der Waals surface area (Å²) in [4.78, 5) is 26.8. The van der Waals surface area contributed by atoms with E-state index in [1.807, 2.05) is 114 Å². The van der Waals surface area contributed by atoms with Gasteiger partial charge in [-0.3, -0.25) is 4.90 Å². The van der Waals surface area contributed by atoms with Crippen LogP contribution in [0.5, 0.6) is 11.6 Å². The van der Waals surface area contributed by atoms with Crippen molar-refractivity contribution in [3.63, 3.8) is 0 Å². The van der Waals surface area contributed by atoms with Crippen LogP contribution < -0.4 is 9.47 Å². The maximum atomic E-state index is 14.3. The summed E-state index contributed by atoms with van der Waals surface area (Å²) in [6, 6.07) is 19.6. The van der Waals surface area contributed by atoms with Crippen molar-refractivity contribution in [3.05, 3.63) is 108 Å². The average molecular weight is 609 g/mol. The highest BCUT2D eigenvalue weighted by Crippen LogP contribution is 2.33. The molecule has 7 nitrogen and oxygen atoms in total. The Kier molecular flexibility index (Phi) is 12.8. The summed E-state index contributed by atoms with van der Waals surface area (Å²) >= 11 is 0. The fourth-order valence-corrected chi connectivity index (χ4v) is 4.49. The second kappa shape index (κ2) is 16.5. The summed E-state index contributed by atoms with van der Waals surface area (Å²) in [5.41, 5.74) is 1.17. The molecule has 45 heavy (non-hydrogen) atoms. The number of benzene rings is 2. The van der Waals surface area contributed by atoms with Crippen LogP contribution in [-0.2, 0) is 19.8 Å². The first-order valence-corrected chi connectivity index (χ1v) is 15.6. The summed E-state index contributed by atoms with van der Waals surface area (Å²) in [5, 5.41) is 0. The topological polar surface area (TPSA) is 67.8 Å². The second-order valence-corrected chi connectivity index (χ2v) is 12.0. The Morgan fingerprint density at radius 2 is 1.51 bits per heavy atom. The molecule has 2 aromatic carbocycles. The second-order valence-electron chi connectivity index (χ2n) is 12.0. The van der Waals surface area contributed by atoms with Gasteiger partial charge in [0.05, 0.1) is 6.54 Å². The van der Waals surface area contributed by atoms with Crippen molar-refractivity contribution in [1.82, 2.24) is 19.8 Å². The van der Waals surface area contributed by atoms with Gasteiger partial charge in [0, 0.05) is 18.5 Å². The molecule has 238 valence electrons. The molecule has 1 atom stereocenters. The van der Waals surface area contributed by atoms with Gasteiger partial charge in [-0.1, -0.05) is 104 Å². The third-order valence-corrected chi connectivity index (χ3v) is 7.36. The van der Waals surface area contributed by atoms with Gasteiger partial charge in [-0.2, -0.15) is 4.98 Å². The predicted octanol–water partition coefficient (Wildman–Crippen LogP) is 8.23. The van der Waals surface area contributed by atoms with Crippen LogP contribution >= 0.6 is 0 Å². The minimum absolute atomic E-state index is 0.0317. The lowest BCUT2D eigenvalue weighted by atomic mass is 9.90. The molecule has 0 saturated carbocycles. The zero-order chi connectivity index (χ0) is 32.9. The van der Waals surface area contributed by atoms with Crippen LogP contribution in [0.3, 0.4) is 0 Å². The fourth-order valence-electron chi connectivity index (χ4n) is 4.49. The molecule has 0 bridgehead atoms. The highest BCUT2D eigenvalue weighted by Gasteiger charge is 2.36. The Morgan fingerprint density at radius 3 is 2.07 bits per heavy atom. The SMILES string of the molecule is C/C=C\C(C)(C)C#CC(C)(/C=C\CC)N(Cc1ncnc(OCc2ccccc2)c1OCc1ccccc1)C(=O)N(C)C(C)C. The zero-order valence-corrected chi connectivity index (χ0v) is 28.1. The predicted molar refractivity (Wildman–Crippen MR) is 182 cm³/mol. The molecule has 1 heterocycles. The number of nitrogens with zero attached hydrogens (tertiary/aromatic N) is 4. The van der Waals surface area contributed by atoms with Crippen molar-refractivity contribution in [2.75, 3.05) is 7.05 Å². The van der Waals surface area contributed by atoms with E-state index >= 15 is 0 Å². The molecule has 1 unspecified atom stereocenters. The van der Waals surface area contributed by atoms with Gasteiger partial charge >= 0.3 is 6.03 Å². The number of allylic oxidation sites excluding steroid dienone is 3. The van der Waals surface area contributed by atoms with E-state index in [1.165, 1.54) is 6.33 Å². The molecule has 7 heteroatoms. The maximum Gasteiger partial charge on any atom is 0.321 e. The third kappa shape index (κ3) is 10.2. The van der Waals surface area contributed by atoms with E-state index in [-0.39, 0.29) is 30.6 Å². The number of carbonyl (C=O) groups excluding carboxylic acids is 1. The molecule has 0 aliphatic heterocycles. The van der Waals surface area contributed by atoms with E-state index in [2.05, 4.69) is 48.7 Å². The molecule has 3 aromatic rings. The van der Waals surface area contributed by atoms with E-state index < -0.39 is 5.54 Å². The number of hydrogen-bond donors (Lipinski definition) is 0. The molecule has 0 spiro atoms. The van der Waals surface area contributed by atoms with E-state index in [1.54, 1.807) is 9.80 Å². The van der Waals surface area contributed by atoms with Gasteiger partial charge in [-0.05, 0) is 59.1 Å². The lowest BCUT2D eigenvalue weighted by molar-refractivity contribution is 0.124. The van der Waals surface area contributed by atoms with Gasteiger partial charge in [0.25, 0.3) is 5.88 Å². The van der Waals surface area contributed by atoms with Gasteiger partial charge < -0.3 is 14.4 Å². The Morgan fingerprint density at radius 1 is 0.911 bits per heavy atom. The van der Waals surface area contributed by atoms with Crippen molar-refractivity contribution < 1.29 is 14.3 Å². The lowest BCUT2D eigenvalue weighted by Crippen LogP contribution is -2.53. The Balaban J connectivity index is 2.14. The molecule has 3 rings (SSSR count). The van der Waals surface area contributed by atoms with E-state index in [0.717, 1.165) is 17.5 Å². The number of amides is 2. The molecule has 0 radical (unpaired) electrons. The van der Waals surface area contributed by atoms with Crippen LogP contribution in [0, 0.1) is 17.3 Å². The first-order chi connectivity index (χ1) is 21.5. The van der Waals surface area contributed by atoms with Crippen molar-refractivity contribution in [2.24, 2.45) is 5.41 Å². The minimum atomic E-state index is -0.957. The van der Waals surface area contributed by atoms with Gasteiger partial charge in [-0.25, -0.2) is 9.78 Å². The highest BCUT2D eigenvalue weighted by atomic mass is 16.5. The highest BCUT2D eigenvalue weighted by molar-refractivity contribution is 5.76. The normalized spacial score (nSPS) is 12.9. The first kappa shape index (κ1) is 34.9. The third-order valence-electron chi connectivity index (χ3n) is 7.36. The molecular weight excluding hydrogens is 560 g/mol. The summed E-state index contributed by atoms with van der Waals surface area (Å²) in [7, 11) is 1.81. The van der Waals surface area contributed by atoms with Gasteiger partial charge in [0.2, 0.25) is 5.75 Å². The van der Waals surface area contributed by atoms with Crippen molar-refractivity contribution >= 4 is 6.03 Å². The van der Waals surface area contributed by atoms with Crippen LogP contribution in [0.1, 0.15) is 71.7 Å². The van der Waals surface area contributed by atoms with Crippen molar-refractivity contribution in [1.29, 1.82) is 0 Å². The van der Waals surface area contributed by atoms with Crippen LogP contribution in [0.4, 0.5) is 4.79 Å². The Bertz CT molecular complexity index is 1490. The maximum absolute atomic E-state index is 14.3. The number of carbonyl (C=O) groups is 1. The average Bonchev–Trinajstić information content (AvgIpc) is 3.04. The van der Waals surface area contributed by atoms with E-state index in [0.29, 0.717) is 23.9 Å². The van der Waals surface area contributed by atoms with Gasteiger partial charge in [-0.15, -0.1) is 0 Å². The zero-order valence-electron chi connectivity index (χ0n) is 28.1. The Labute approximate surface area is 270 Å². The molecule has 0 N–H and O–H groups in total. The summed E-state index contributed by atoms with van der Waals surface area (Å²) in [6.07, 6.45) is 10.4. The Hall–Kier alpha value is -4.57. The lowest BCUT2D eigenvalue weighted by Gasteiger charge is -2.39. The molecule has 0 fully saturated rings. The number of urea groups is 1. The molecule has 0 aliphatic rings. The molecule has 1 aromatic heterocycles. The largest absolute Gasteiger partial charge is 0.482 e. The summed E-state index contributed by atoms with van der Waals surface area (Å²) in [6.45, 7) is 14.8. The number of hydrogen-bond acceptors (Lipinski definition) is 5. The number of rotatable bonds is 13. The summed E-state index contributed by atoms with van der Waals surface area (Å²) in [5.74, 6) is 7.60. The van der Waals surface area contributed by atoms with E-state index in [9.17, 15) is 4.79 Å². The van der Waals surface area contributed by atoms with E-state index in [4.69, 9.17) is 9.47 Å². The van der Waals surface area contributed by atoms with Crippen LogP contribution in [0.25, 0.3) is 0 Å². The smallest absolute Gasteiger partial charge is 0.321 e. The molecule has 0 saturated heterocycles. The quantitative estimate of drug-likeness (QED) is 0.144. The van der Waals surface area contributed by atoms with Crippen molar-refractivity contribution in [2.45, 2.75) is 86.2 Å². The first-order valence-electron chi connectivity index (χ1n) is 15.6. The van der Waals surface area contributed by atoms with Crippen LogP contribution in [0.15, 0.2) is 91.3 Å². The molecule has 0 aliphatic carbocycles. The van der Waals surface area contributed by atoms with Gasteiger partial charge in [0.1, 0.15) is 30.8 Å². The molecule has 2 amide bonds. The number of aromatic nitrogens is 2. The van der Waals surface area contributed by atoms with Crippen LogP contribution in [-0.4, -0.2) is 44.4 Å². The standard InChI is InChI=1S/C38H48N4O3/c1-9-11-23-38(7,25-24-37(5,6)22-10-2)42(36(43)41(8)30(3)4)26-33-34(44-27-31-18-14-12-15-19-31)35(40-29-39-33)45-28-32-20-16-13-17-21-32/h10-23,29-30H,9,26-28H2,1-8H3/b22-10-,23-11-. The molecular formula is C38H48N4O3. The fraction of sp³-hybridized carbons (Fsp3) is 0.395. The summed E-state index contributed by atoms with van der Waals surface area (Å²) < 4.78 is 12.6. The van der Waals surface area contributed by atoms with Crippen molar-refractivity contribution in [3.8, 4) is 23.5 Å².